The molecule has 0 saturated heterocycles. The molecule has 0 aliphatic heterocycles. The lowest BCUT2D eigenvalue weighted by Gasteiger charge is -2.29. The first kappa shape index (κ1) is 20.3. The van der Waals surface area contributed by atoms with Gasteiger partial charge < -0.3 is 4.74 Å². The molecule has 0 spiro atoms. The quantitative estimate of drug-likeness (QED) is 0.768. The molecule has 0 radical (unpaired) electrons. The van der Waals surface area contributed by atoms with E-state index >= 15 is 0 Å². The van der Waals surface area contributed by atoms with Crippen molar-refractivity contribution in [3.63, 3.8) is 0 Å². The number of sulfonamides is 1. The largest absolute Gasteiger partial charge is 0.474 e. The summed E-state index contributed by atoms with van der Waals surface area (Å²) in [7, 11) is -3.51. The van der Waals surface area contributed by atoms with Crippen molar-refractivity contribution >= 4 is 10.0 Å². The van der Waals surface area contributed by atoms with Gasteiger partial charge in [0.15, 0.2) is 0 Å². The van der Waals surface area contributed by atoms with Crippen molar-refractivity contribution in [2.24, 2.45) is 0 Å². The highest BCUT2D eigenvalue weighted by atomic mass is 32.2. The summed E-state index contributed by atoms with van der Waals surface area (Å²) in [5, 5.41) is 8.80. The second-order valence-corrected chi connectivity index (χ2v) is 8.82. The van der Waals surface area contributed by atoms with E-state index in [-0.39, 0.29) is 12.1 Å². The van der Waals surface area contributed by atoms with Gasteiger partial charge in [-0.2, -0.15) is 5.26 Å². The van der Waals surface area contributed by atoms with E-state index in [2.05, 4.69) is 16.6 Å². The van der Waals surface area contributed by atoms with Crippen LogP contribution >= 0.6 is 0 Å². The summed E-state index contributed by atoms with van der Waals surface area (Å²) in [6, 6.07) is 12.4. The Morgan fingerprint density at radius 2 is 1.86 bits per heavy atom. The van der Waals surface area contributed by atoms with Gasteiger partial charge in [-0.15, -0.1) is 0 Å². The zero-order chi connectivity index (χ0) is 20.0. The zero-order valence-corrected chi connectivity index (χ0v) is 16.8. The maximum Gasteiger partial charge on any atom is 0.240 e. The second-order valence-electron chi connectivity index (χ2n) is 7.10. The molecule has 2 aromatic rings. The van der Waals surface area contributed by atoms with Crippen LogP contribution in [0.1, 0.15) is 50.2 Å². The minimum atomic E-state index is -3.51. The summed E-state index contributed by atoms with van der Waals surface area (Å²) in [5.74, 6) is 0.496. The van der Waals surface area contributed by atoms with E-state index in [1.165, 1.54) is 6.20 Å². The summed E-state index contributed by atoms with van der Waals surface area (Å²) in [6.45, 7) is 2.10. The van der Waals surface area contributed by atoms with Gasteiger partial charge in [-0.25, -0.2) is 18.1 Å². The highest BCUT2D eigenvalue weighted by Crippen LogP contribution is 2.24. The number of hydrogen-bond donors (Lipinski definition) is 1. The molecule has 6 nitrogen and oxygen atoms in total. The molecule has 1 aromatic heterocycles. The topological polar surface area (TPSA) is 92.1 Å². The fourth-order valence-electron chi connectivity index (χ4n) is 3.40. The number of benzene rings is 1. The Morgan fingerprint density at radius 3 is 2.43 bits per heavy atom. The SMILES string of the molecule is CCCc1ccc(S(=O)(=O)NC2CCC(Oc3ccc(C#N)cn3)CC2)cc1. The van der Waals surface area contributed by atoms with Gasteiger partial charge in [-0.05, 0) is 55.9 Å². The van der Waals surface area contributed by atoms with Crippen LogP contribution in [0.15, 0.2) is 47.5 Å². The first-order valence-electron chi connectivity index (χ1n) is 9.64. The number of rotatable bonds is 7. The molecule has 1 aliphatic rings. The predicted molar refractivity (Wildman–Crippen MR) is 106 cm³/mol. The van der Waals surface area contributed by atoms with Gasteiger partial charge in [0.1, 0.15) is 12.2 Å². The minimum Gasteiger partial charge on any atom is -0.474 e. The fraction of sp³-hybridized carbons (Fsp3) is 0.429. The van der Waals surface area contributed by atoms with Crippen LogP contribution in [0.2, 0.25) is 0 Å². The van der Waals surface area contributed by atoms with E-state index in [9.17, 15) is 8.42 Å². The van der Waals surface area contributed by atoms with E-state index in [4.69, 9.17) is 10.00 Å². The molecule has 148 valence electrons. The van der Waals surface area contributed by atoms with Gasteiger partial charge in [-0.3, -0.25) is 0 Å². The molecule has 1 heterocycles. The summed E-state index contributed by atoms with van der Waals surface area (Å²) in [4.78, 5) is 4.44. The van der Waals surface area contributed by atoms with Crippen molar-refractivity contribution < 1.29 is 13.2 Å². The average Bonchev–Trinajstić information content (AvgIpc) is 2.70. The molecule has 7 heteroatoms. The highest BCUT2D eigenvalue weighted by molar-refractivity contribution is 7.89. The maximum absolute atomic E-state index is 12.6. The summed E-state index contributed by atoms with van der Waals surface area (Å²) >= 11 is 0. The average molecular weight is 400 g/mol. The van der Waals surface area contributed by atoms with Crippen LogP contribution in [0.4, 0.5) is 0 Å². The number of aryl methyl sites for hydroxylation is 1. The van der Waals surface area contributed by atoms with Crippen molar-refractivity contribution in [2.45, 2.75) is 62.5 Å². The standard InChI is InChI=1S/C21H25N3O3S/c1-2-3-16-4-11-20(12-5-16)28(25,26)24-18-7-9-19(10-8-18)27-21-13-6-17(14-22)15-23-21/h4-6,11-13,15,18-19,24H,2-3,7-10H2,1H3. The van der Waals surface area contributed by atoms with Crippen molar-refractivity contribution in [1.82, 2.24) is 9.71 Å². The summed E-state index contributed by atoms with van der Waals surface area (Å²) < 4.78 is 33.9. The van der Waals surface area contributed by atoms with E-state index in [0.29, 0.717) is 29.2 Å². The Hall–Kier alpha value is -2.43. The molecule has 0 atom stereocenters. The number of nitriles is 1. The summed E-state index contributed by atoms with van der Waals surface area (Å²) in [6.07, 6.45) is 6.42. The van der Waals surface area contributed by atoms with Gasteiger partial charge in [0.05, 0.1) is 10.5 Å². The van der Waals surface area contributed by atoms with Crippen LogP contribution in [0.5, 0.6) is 5.88 Å². The van der Waals surface area contributed by atoms with Crippen LogP contribution in [0, 0.1) is 11.3 Å². The number of pyridine rings is 1. The van der Waals surface area contributed by atoms with E-state index in [1.807, 2.05) is 18.2 Å². The molecule has 1 fully saturated rings. The molecule has 28 heavy (non-hydrogen) atoms. The Morgan fingerprint density at radius 1 is 1.14 bits per heavy atom. The van der Waals surface area contributed by atoms with Gasteiger partial charge >= 0.3 is 0 Å². The van der Waals surface area contributed by atoms with E-state index < -0.39 is 10.0 Å². The van der Waals surface area contributed by atoms with E-state index in [0.717, 1.165) is 31.2 Å². The third-order valence-corrected chi connectivity index (χ3v) is 6.46. The van der Waals surface area contributed by atoms with Gasteiger partial charge in [0.2, 0.25) is 15.9 Å². The fourth-order valence-corrected chi connectivity index (χ4v) is 4.70. The monoisotopic (exact) mass is 399 g/mol. The Bertz CT molecular complexity index is 911. The molecule has 3 rings (SSSR count). The maximum atomic E-state index is 12.6. The van der Waals surface area contributed by atoms with Gasteiger partial charge in [0.25, 0.3) is 0 Å². The van der Waals surface area contributed by atoms with Crippen LogP contribution in [-0.4, -0.2) is 25.5 Å². The second kappa shape index (κ2) is 9.18. The first-order valence-corrected chi connectivity index (χ1v) is 11.1. The molecule has 0 amide bonds. The Labute approximate surface area is 166 Å². The molecule has 1 N–H and O–H groups in total. The summed E-state index contributed by atoms with van der Waals surface area (Å²) in [5.41, 5.74) is 1.64. The molecule has 0 bridgehead atoms. The highest BCUT2D eigenvalue weighted by Gasteiger charge is 2.26. The molecular weight excluding hydrogens is 374 g/mol. The third-order valence-electron chi connectivity index (χ3n) is 4.92. The number of nitrogens with zero attached hydrogens (tertiary/aromatic N) is 2. The molecule has 1 aliphatic carbocycles. The smallest absolute Gasteiger partial charge is 0.240 e. The zero-order valence-electron chi connectivity index (χ0n) is 16.0. The predicted octanol–water partition coefficient (Wildman–Crippen LogP) is 3.57. The van der Waals surface area contributed by atoms with Crippen LogP contribution < -0.4 is 9.46 Å². The lowest BCUT2D eigenvalue weighted by molar-refractivity contribution is 0.138. The number of aromatic nitrogens is 1. The van der Waals surface area contributed by atoms with Crippen molar-refractivity contribution in [3.05, 3.63) is 53.7 Å². The Balaban J connectivity index is 1.52. The first-order chi connectivity index (χ1) is 13.5. The molecule has 1 saturated carbocycles. The Kier molecular flexibility index (Phi) is 6.65. The van der Waals surface area contributed by atoms with Crippen LogP contribution in [-0.2, 0) is 16.4 Å². The van der Waals surface area contributed by atoms with Gasteiger partial charge in [-0.1, -0.05) is 25.5 Å². The molecular formula is C21H25N3O3S. The third kappa shape index (κ3) is 5.31. The number of ether oxygens (including phenoxy) is 1. The van der Waals surface area contributed by atoms with E-state index in [1.54, 1.807) is 24.3 Å². The minimum absolute atomic E-state index is 0.00881. The lowest BCUT2D eigenvalue weighted by atomic mass is 9.94. The van der Waals surface area contributed by atoms with Crippen LogP contribution in [0.25, 0.3) is 0 Å². The number of hydrogen-bond acceptors (Lipinski definition) is 5. The lowest BCUT2D eigenvalue weighted by Crippen LogP contribution is -2.39. The van der Waals surface area contributed by atoms with Gasteiger partial charge in [0, 0.05) is 18.3 Å². The van der Waals surface area contributed by atoms with Crippen molar-refractivity contribution in [2.75, 3.05) is 0 Å². The molecule has 1 aromatic carbocycles. The van der Waals surface area contributed by atoms with Crippen molar-refractivity contribution in [3.8, 4) is 11.9 Å². The normalized spacial score (nSPS) is 19.7. The number of nitrogens with one attached hydrogen (secondary N) is 1. The molecule has 0 unspecified atom stereocenters. The van der Waals surface area contributed by atoms with Crippen molar-refractivity contribution in [1.29, 1.82) is 5.26 Å². The van der Waals surface area contributed by atoms with Crippen LogP contribution in [0.3, 0.4) is 0 Å².